The maximum Gasteiger partial charge on any atom is 0.305 e. The molecule has 0 aromatic heterocycles. The molecule has 6 heteroatoms. The van der Waals surface area contributed by atoms with Gasteiger partial charge in [-0.2, -0.15) is 0 Å². The number of rotatable bonds is 12. The van der Waals surface area contributed by atoms with Gasteiger partial charge in [-0.25, -0.2) is 0 Å². The lowest BCUT2D eigenvalue weighted by Gasteiger charge is -2.30. The van der Waals surface area contributed by atoms with E-state index < -0.39 is 5.97 Å². The third-order valence-corrected chi connectivity index (χ3v) is 7.25. The molecule has 0 saturated heterocycles. The van der Waals surface area contributed by atoms with Crippen molar-refractivity contribution in [2.45, 2.75) is 45.7 Å². The van der Waals surface area contributed by atoms with Crippen molar-refractivity contribution in [1.29, 1.82) is 0 Å². The zero-order chi connectivity index (χ0) is 29.2. The zero-order valence-corrected chi connectivity index (χ0v) is 23.5. The van der Waals surface area contributed by atoms with E-state index in [1.54, 1.807) is 29.2 Å². The molecule has 4 aromatic rings. The molecule has 0 aliphatic carbocycles. The van der Waals surface area contributed by atoms with Crippen LogP contribution >= 0.6 is 0 Å². The Labute approximate surface area is 241 Å². The van der Waals surface area contributed by atoms with Crippen LogP contribution in [0.15, 0.2) is 103 Å². The number of carboxylic acid groups (broad SMARTS) is 1. The molecule has 0 heterocycles. The van der Waals surface area contributed by atoms with Gasteiger partial charge in [0.15, 0.2) is 0 Å². The van der Waals surface area contributed by atoms with Crippen LogP contribution in [0.2, 0.25) is 0 Å². The summed E-state index contributed by atoms with van der Waals surface area (Å²) in [6, 6.07) is 32.3. The second-order valence-electron chi connectivity index (χ2n) is 10.3. The first kappa shape index (κ1) is 29.3. The number of hydrogen-bond donors (Lipinski definition) is 2. The molecule has 2 N–H and O–H groups in total. The zero-order valence-electron chi connectivity index (χ0n) is 23.5. The smallest absolute Gasteiger partial charge is 0.305 e. The average Bonchev–Trinajstić information content (AvgIpc) is 3.00. The Balaban J connectivity index is 1.60. The molecule has 0 bridgehead atoms. The Hall–Kier alpha value is -4.71. The first-order valence-corrected chi connectivity index (χ1v) is 13.9. The van der Waals surface area contributed by atoms with E-state index in [4.69, 9.17) is 0 Å². The summed E-state index contributed by atoms with van der Waals surface area (Å²) in [6.07, 6.45) is 1.31. The molecule has 1 unspecified atom stereocenters. The van der Waals surface area contributed by atoms with Crippen molar-refractivity contribution >= 4 is 17.8 Å². The number of carboxylic acids is 1. The highest BCUT2D eigenvalue weighted by Gasteiger charge is 2.25. The molecule has 4 rings (SSSR count). The molecule has 0 saturated carbocycles. The van der Waals surface area contributed by atoms with Gasteiger partial charge in [-0.15, -0.1) is 0 Å². The number of aryl methyl sites for hydroxylation is 2. The molecular formula is C35H36N2O4. The van der Waals surface area contributed by atoms with Gasteiger partial charge < -0.3 is 15.3 Å². The van der Waals surface area contributed by atoms with Gasteiger partial charge in [0, 0.05) is 30.3 Å². The van der Waals surface area contributed by atoms with Gasteiger partial charge >= 0.3 is 5.97 Å². The van der Waals surface area contributed by atoms with E-state index >= 15 is 0 Å². The SMILES string of the molecule is Cc1ccc(CNC(=O)c2ccccc2-c2ccccc2C(=O)N(CCC(=O)O)C(C)CCc2ccccc2)cc1. The summed E-state index contributed by atoms with van der Waals surface area (Å²) in [5, 5.41) is 12.4. The monoisotopic (exact) mass is 548 g/mol. The normalized spacial score (nSPS) is 11.5. The van der Waals surface area contributed by atoms with Gasteiger partial charge in [-0.05, 0) is 61.1 Å². The lowest BCUT2D eigenvalue weighted by atomic mass is 9.93. The Morgan fingerprint density at radius 2 is 1.34 bits per heavy atom. The summed E-state index contributed by atoms with van der Waals surface area (Å²) >= 11 is 0. The second-order valence-corrected chi connectivity index (χ2v) is 10.3. The highest BCUT2D eigenvalue weighted by Crippen LogP contribution is 2.29. The molecule has 0 radical (unpaired) electrons. The third kappa shape index (κ3) is 7.92. The average molecular weight is 549 g/mol. The lowest BCUT2D eigenvalue weighted by Crippen LogP contribution is -2.40. The van der Waals surface area contributed by atoms with Gasteiger partial charge in [0.05, 0.1) is 6.42 Å². The molecule has 1 atom stereocenters. The fourth-order valence-electron chi connectivity index (χ4n) is 4.87. The predicted octanol–water partition coefficient (Wildman–Crippen LogP) is 6.53. The fraction of sp³-hybridized carbons (Fsp3) is 0.229. The molecule has 4 aromatic carbocycles. The number of aliphatic carboxylic acids is 1. The Bertz CT molecular complexity index is 1480. The maximum absolute atomic E-state index is 14.1. The Morgan fingerprint density at radius 3 is 2.00 bits per heavy atom. The minimum Gasteiger partial charge on any atom is -0.481 e. The van der Waals surface area contributed by atoms with Crippen LogP contribution in [0.1, 0.15) is 57.2 Å². The molecule has 6 nitrogen and oxygen atoms in total. The molecule has 2 amide bonds. The molecule has 0 aliphatic heterocycles. The Kier molecular flexibility index (Phi) is 10.1. The van der Waals surface area contributed by atoms with Crippen LogP contribution < -0.4 is 5.32 Å². The van der Waals surface area contributed by atoms with Crippen molar-refractivity contribution in [2.75, 3.05) is 6.54 Å². The molecular weight excluding hydrogens is 512 g/mol. The van der Waals surface area contributed by atoms with Gasteiger partial charge in [-0.3, -0.25) is 14.4 Å². The predicted molar refractivity (Wildman–Crippen MR) is 162 cm³/mol. The quantitative estimate of drug-likeness (QED) is 0.211. The van der Waals surface area contributed by atoms with Crippen molar-refractivity contribution in [2.24, 2.45) is 0 Å². The van der Waals surface area contributed by atoms with E-state index in [0.717, 1.165) is 23.1 Å². The van der Waals surface area contributed by atoms with Crippen LogP contribution in [0.3, 0.4) is 0 Å². The Morgan fingerprint density at radius 1 is 0.756 bits per heavy atom. The summed E-state index contributed by atoms with van der Waals surface area (Å²) in [5.74, 6) is -1.44. The summed E-state index contributed by atoms with van der Waals surface area (Å²) in [6.45, 7) is 4.45. The van der Waals surface area contributed by atoms with Crippen molar-refractivity contribution in [3.8, 4) is 11.1 Å². The van der Waals surface area contributed by atoms with Crippen LogP contribution in [-0.4, -0.2) is 40.4 Å². The summed E-state index contributed by atoms with van der Waals surface area (Å²) in [7, 11) is 0. The molecule has 0 aliphatic rings. The molecule has 0 fully saturated rings. The van der Waals surface area contributed by atoms with Crippen molar-refractivity contribution in [3.63, 3.8) is 0 Å². The van der Waals surface area contributed by atoms with Gasteiger partial charge in [0.2, 0.25) is 0 Å². The van der Waals surface area contributed by atoms with E-state index in [1.807, 2.05) is 92.7 Å². The first-order valence-electron chi connectivity index (χ1n) is 13.9. The molecule has 41 heavy (non-hydrogen) atoms. The van der Waals surface area contributed by atoms with Crippen molar-refractivity contribution < 1.29 is 19.5 Å². The molecule has 0 spiro atoms. The number of amides is 2. The van der Waals surface area contributed by atoms with Crippen LogP contribution in [0.25, 0.3) is 11.1 Å². The minimum atomic E-state index is -0.957. The highest BCUT2D eigenvalue weighted by molar-refractivity contribution is 6.06. The number of benzene rings is 4. The lowest BCUT2D eigenvalue weighted by molar-refractivity contribution is -0.137. The number of nitrogens with zero attached hydrogens (tertiary/aromatic N) is 1. The number of nitrogens with one attached hydrogen (secondary N) is 1. The van der Waals surface area contributed by atoms with E-state index in [9.17, 15) is 19.5 Å². The van der Waals surface area contributed by atoms with E-state index in [2.05, 4.69) is 5.32 Å². The number of carbonyl (C=O) groups excluding carboxylic acids is 2. The van der Waals surface area contributed by atoms with Crippen molar-refractivity contribution in [1.82, 2.24) is 10.2 Å². The van der Waals surface area contributed by atoms with Gasteiger partial charge in [0.25, 0.3) is 11.8 Å². The third-order valence-electron chi connectivity index (χ3n) is 7.25. The van der Waals surface area contributed by atoms with Crippen LogP contribution in [-0.2, 0) is 17.8 Å². The molecule has 210 valence electrons. The van der Waals surface area contributed by atoms with Crippen LogP contribution in [0.5, 0.6) is 0 Å². The summed E-state index contributed by atoms with van der Waals surface area (Å²) in [4.78, 5) is 40.5. The number of carbonyl (C=O) groups is 3. The summed E-state index contributed by atoms with van der Waals surface area (Å²) in [5.41, 5.74) is 5.49. The highest BCUT2D eigenvalue weighted by atomic mass is 16.4. The standard InChI is InChI=1S/C35H36N2O4/c1-25-16-19-28(20-17-25)24-36-34(40)31-14-8-6-12-29(31)30-13-7-9-15-32(30)35(41)37(23-22-33(38)39)26(2)18-21-27-10-4-3-5-11-27/h3-17,19-20,26H,18,21-24H2,1-2H3,(H,36,40)(H,38,39). The first-order chi connectivity index (χ1) is 19.8. The van der Waals surface area contributed by atoms with Gasteiger partial charge in [-0.1, -0.05) is 96.6 Å². The van der Waals surface area contributed by atoms with Crippen molar-refractivity contribution in [3.05, 3.63) is 131 Å². The maximum atomic E-state index is 14.1. The summed E-state index contributed by atoms with van der Waals surface area (Å²) < 4.78 is 0. The van der Waals surface area contributed by atoms with Crippen LogP contribution in [0, 0.1) is 6.92 Å². The van der Waals surface area contributed by atoms with E-state index in [-0.39, 0.29) is 30.8 Å². The fourth-order valence-corrected chi connectivity index (χ4v) is 4.87. The largest absolute Gasteiger partial charge is 0.481 e. The second kappa shape index (κ2) is 14.1. The topological polar surface area (TPSA) is 86.7 Å². The minimum absolute atomic E-state index is 0.0944. The van der Waals surface area contributed by atoms with E-state index in [1.165, 1.54) is 0 Å². The van der Waals surface area contributed by atoms with Gasteiger partial charge in [0.1, 0.15) is 0 Å². The van der Waals surface area contributed by atoms with E-state index in [0.29, 0.717) is 35.2 Å². The van der Waals surface area contributed by atoms with Crippen LogP contribution in [0.4, 0.5) is 0 Å². The number of hydrogen-bond acceptors (Lipinski definition) is 3.